The molecule has 11 nitrogen and oxygen atoms in total. The van der Waals surface area contributed by atoms with E-state index >= 15 is 0 Å². The molecular weight excluding hydrogens is 466 g/mol. The highest BCUT2D eigenvalue weighted by atomic mass is 16.4. The van der Waals surface area contributed by atoms with Crippen LogP contribution in [0, 0.1) is 0 Å². The normalized spacial score (nSPS) is 13.4. The first-order valence-corrected chi connectivity index (χ1v) is 11.3. The van der Waals surface area contributed by atoms with E-state index in [1.807, 2.05) is 24.3 Å². The van der Waals surface area contributed by atoms with Gasteiger partial charge in [-0.05, 0) is 36.2 Å². The summed E-state index contributed by atoms with van der Waals surface area (Å²) in [5.41, 5.74) is 7.91. The van der Waals surface area contributed by atoms with Crippen LogP contribution in [0.25, 0.3) is 10.9 Å². The van der Waals surface area contributed by atoms with Gasteiger partial charge in [-0.1, -0.05) is 30.3 Å². The van der Waals surface area contributed by atoms with Gasteiger partial charge < -0.3 is 36.9 Å². The number of aromatic amines is 1. The van der Waals surface area contributed by atoms with E-state index in [9.17, 15) is 29.4 Å². The fourth-order valence-electron chi connectivity index (χ4n) is 3.64. The Balaban J connectivity index is 1.64. The molecule has 0 saturated heterocycles. The summed E-state index contributed by atoms with van der Waals surface area (Å²) in [5, 5.41) is 27.2. The van der Waals surface area contributed by atoms with Gasteiger partial charge in [0.05, 0.1) is 12.6 Å². The molecule has 3 unspecified atom stereocenters. The Labute approximate surface area is 207 Å². The molecule has 0 bridgehead atoms. The van der Waals surface area contributed by atoms with Crippen LogP contribution in [0.1, 0.15) is 18.1 Å². The Morgan fingerprint density at radius 2 is 1.64 bits per heavy atom. The van der Waals surface area contributed by atoms with Crippen molar-refractivity contribution in [2.24, 2.45) is 5.73 Å². The molecule has 190 valence electrons. The van der Waals surface area contributed by atoms with E-state index in [0.717, 1.165) is 16.5 Å². The average molecular weight is 496 g/mol. The number of benzene rings is 2. The van der Waals surface area contributed by atoms with Crippen molar-refractivity contribution in [2.75, 3.05) is 6.54 Å². The van der Waals surface area contributed by atoms with Crippen LogP contribution < -0.4 is 21.7 Å². The fourth-order valence-corrected chi connectivity index (χ4v) is 3.64. The number of fused-ring (bicyclic) bond motifs is 1. The number of aromatic nitrogens is 1. The SMILES string of the molecule is CC(N)C(=O)NC(Cc1c[nH]c2ccccc12)C(=O)NCC(=O)NC(Cc1ccc(O)cc1)C(=O)O. The van der Waals surface area contributed by atoms with Gasteiger partial charge >= 0.3 is 5.97 Å². The molecule has 0 spiro atoms. The second-order valence-corrected chi connectivity index (χ2v) is 8.46. The van der Waals surface area contributed by atoms with Gasteiger partial charge in [0, 0.05) is 29.9 Å². The number of phenols is 1. The molecule has 0 aliphatic carbocycles. The topological polar surface area (TPSA) is 187 Å². The predicted octanol–water partition coefficient (Wildman–Crippen LogP) is 0.176. The van der Waals surface area contributed by atoms with Crippen molar-refractivity contribution in [3.63, 3.8) is 0 Å². The highest BCUT2D eigenvalue weighted by molar-refractivity contribution is 5.93. The molecule has 8 N–H and O–H groups in total. The maximum atomic E-state index is 12.9. The second-order valence-electron chi connectivity index (χ2n) is 8.46. The summed E-state index contributed by atoms with van der Waals surface area (Å²) < 4.78 is 0. The maximum absolute atomic E-state index is 12.9. The molecular formula is C25H29N5O6. The van der Waals surface area contributed by atoms with Crippen LogP contribution in [0.2, 0.25) is 0 Å². The van der Waals surface area contributed by atoms with E-state index in [2.05, 4.69) is 20.9 Å². The molecule has 3 aromatic rings. The van der Waals surface area contributed by atoms with E-state index in [1.165, 1.54) is 19.1 Å². The largest absolute Gasteiger partial charge is 0.508 e. The Kier molecular flexibility index (Phi) is 8.63. The van der Waals surface area contributed by atoms with Crippen LogP contribution >= 0.6 is 0 Å². The summed E-state index contributed by atoms with van der Waals surface area (Å²) in [6, 6.07) is 10.3. The van der Waals surface area contributed by atoms with Gasteiger partial charge in [0.25, 0.3) is 0 Å². The number of carbonyl (C=O) groups excluding carboxylic acids is 3. The quantitative estimate of drug-likeness (QED) is 0.198. The lowest BCUT2D eigenvalue weighted by molar-refractivity contribution is -0.141. The third kappa shape index (κ3) is 7.06. The van der Waals surface area contributed by atoms with Gasteiger partial charge in [0.2, 0.25) is 17.7 Å². The maximum Gasteiger partial charge on any atom is 0.326 e. The number of rotatable bonds is 11. The third-order valence-corrected chi connectivity index (χ3v) is 5.58. The minimum absolute atomic E-state index is 0.0110. The minimum Gasteiger partial charge on any atom is -0.508 e. The molecule has 2 aromatic carbocycles. The van der Waals surface area contributed by atoms with E-state index in [1.54, 1.807) is 18.3 Å². The molecule has 1 aromatic heterocycles. The summed E-state index contributed by atoms with van der Waals surface area (Å²) in [5.74, 6) is -3.06. The van der Waals surface area contributed by atoms with Gasteiger partial charge in [0.1, 0.15) is 17.8 Å². The molecule has 11 heteroatoms. The molecule has 0 aliphatic heterocycles. The number of phenolic OH excluding ortho intramolecular Hbond substituents is 1. The van der Waals surface area contributed by atoms with Crippen molar-refractivity contribution in [1.82, 2.24) is 20.9 Å². The number of hydrogen-bond acceptors (Lipinski definition) is 6. The lowest BCUT2D eigenvalue weighted by Gasteiger charge is -2.20. The van der Waals surface area contributed by atoms with Crippen LogP contribution in [0.5, 0.6) is 5.75 Å². The standard InChI is InChI=1S/C25H29N5O6/c1-14(26)23(33)30-20(11-16-12-27-19-5-3-2-4-18(16)19)24(34)28-13-22(32)29-21(25(35)36)10-15-6-8-17(31)9-7-15/h2-9,12,14,20-21,27,31H,10-11,13,26H2,1H3,(H,28,34)(H,29,32)(H,30,33)(H,35,36). The van der Waals surface area contributed by atoms with Crippen LogP contribution in [0.4, 0.5) is 0 Å². The van der Waals surface area contributed by atoms with Crippen molar-refractivity contribution in [2.45, 2.75) is 37.9 Å². The highest BCUT2D eigenvalue weighted by Gasteiger charge is 2.25. The number of nitrogens with two attached hydrogens (primary N) is 1. The molecule has 0 aliphatic rings. The summed E-state index contributed by atoms with van der Waals surface area (Å²) >= 11 is 0. The predicted molar refractivity (Wildman–Crippen MR) is 132 cm³/mol. The van der Waals surface area contributed by atoms with Crippen LogP contribution in [-0.2, 0) is 32.0 Å². The molecule has 0 saturated carbocycles. The zero-order valence-electron chi connectivity index (χ0n) is 19.7. The first-order chi connectivity index (χ1) is 17.1. The van der Waals surface area contributed by atoms with Crippen LogP contribution in [0.15, 0.2) is 54.7 Å². The fraction of sp³-hybridized carbons (Fsp3) is 0.280. The zero-order chi connectivity index (χ0) is 26.2. The van der Waals surface area contributed by atoms with E-state index in [4.69, 9.17) is 5.73 Å². The van der Waals surface area contributed by atoms with Gasteiger partial charge in [-0.15, -0.1) is 0 Å². The molecule has 3 atom stereocenters. The van der Waals surface area contributed by atoms with Gasteiger partial charge in [0.15, 0.2) is 0 Å². The highest BCUT2D eigenvalue weighted by Crippen LogP contribution is 2.19. The number of amides is 3. The Morgan fingerprint density at radius 3 is 2.31 bits per heavy atom. The number of hydrogen-bond donors (Lipinski definition) is 7. The summed E-state index contributed by atoms with van der Waals surface area (Å²) in [4.78, 5) is 52.3. The van der Waals surface area contributed by atoms with Crippen molar-refractivity contribution in [3.8, 4) is 5.75 Å². The number of carbonyl (C=O) groups is 4. The number of para-hydroxylation sites is 1. The lowest BCUT2D eigenvalue weighted by atomic mass is 10.0. The van der Waals surface area contributed by atoms with Crippen LogP contribution in [0.3, 0.4) is 0 Å². The number of H-pyrrole nitrogens is 1. The molecule has 0 fully saturated rings. The van der Waals surface area contributed by atoms with Crippen molar-refractivity contribution < 1.29 is 29.4 Å². The molecule has 3 rings (SSSR count). The second kappa shape index (κ2) is 11.8. The third-order valence-electron chi connectivity index (χ3n) is 5.58. The van der Waals surface area contributed by atoms with E-state index in [-0.39, 0.29) is 18.6 Å². The number of aliphatic carboxylic acids is 1. The molecule has 0 radical (unpaired) electrons. The zero-order valence-corrected chi connectivity index (χ0v) is 19.7. The van der Waals surface area contributed by atoms with Gasteiger partial charge in [-0.3, -0.25) is 14.4 Å². The monoisotopic (exact) mass is 495 g/mol. The molecule has 36 heavy (non-hydrogen) atoms. The van der Waals surface area contributed by atoms with Crippen molar-refractivity contribution in [3.05, 3.63) is 65.9 Å². The summed E-state index contributed by atoms with van der Waals surface area (Å²) in [6.07, 6.45) is 1.88. The molecule has 1 heterocycles. The Bertz CT molecular complexity index is 1240. The smallest absolute Gasteiger partial charge is 0.326 e. The lowest BCUT2D eigenvalue weighted by Crippen LogP contribution is -2.54. The van der Waals surface area contributed by atoms with E-state index < -0.39 is 48.4 Å². The summed E-state index contributed by atoms with van der Waals surface area (Å²) in [6.45, 7) is 1.00. The first kappa shape index (κ1) is 26.2. The number of carboxylic acid groups (broad SMARTS) is 1. The Hall–Kier alpha value is -4.38. The average Bonchev–Trinajstić information content (AvgIpc) is 3.25. The van der Waals surface area contributed by atoms with Crippen molar-refractivity contribution >= 4 is 34.6 Å². The minimum atomic E-state index is -1.25. The number of nitrogens with one attached hydrogen (secondary N) is 4. The van der Waals surface area contributed by atoms with Crippen LogP contribution in [-0.4, -0.2) is 63.6 Å². The number of carboxylic acids is 1. The first-order valence-electron chi connectivity index (χ1n) is 11.3. The van der Waals surface area contributed by atoms with Gasteiger partial charge in [-0.2, -0.15) is 0 Å². The molecule has 3 amide bonds. The van der Waals surface area contributed by atoms with E-state index in [0.29, 0.717) is 5.56 Å². The number of aromatic hydroxyl groups is 1. The Morgan fingerprint density at radius 1 is 0.944 bits per heavy atom. The summed E-state index contributed by atoms with van der Waals surface area (Å²) in [7, 11) is 0. The van der Waals surface area contributed by atoms with Gasteiger partial charge in [-0.25, -0.2) is 4.79 Å². The van der Waals surface area contributed by atoms with Crippen molar-refractivity contribution in [1.29, 1.82) is 0 Å².